The molecule has 112 valence electrons. The number of carbonyl (C=O) groups is 3. The highest BCUT2D eigenvalue weighted by Gasteiger charge is 2.52. The molecule has 5 nitrogen and oxygen atoms in total. The van der Waals surface area contributed by atoms with Crippen molar-refractivity contribution in [3.8, 4) is 0 Å². The van der Waals surface area contributed by atoms with Crippen LogP contribution in [-0.4, -0.2) is 33.3 Å². The van der Waals surface area contributed by atoms with Crippen molar-refractivity contribution in [2.75, 3.05) is 0 Å². The number of imide groups is 1. The molecule has 0 saturated carbocycles. The lowest BCUT2D eigenvalue weighted by Crippen LogP contribution is -2.62. The van der Waals surface area contributed by atoms with E-state index in [1.165, 1.54) is 13.8 Å². The minimum Gasteiger partial charge on any atom is -0.481 e. The number of hydrogen-bond donors (Lipinski definition) is 1. The number of hydrogen-bond acceptors (Lipinski definition) is 3. The number of rotatable bonds is 3. The number of amides is 2. The predicted molar refractivity (Wildman–Crippen MR) is 76.8 cm³/mol. The molecule has 2 rings (SSSR count). The molecule has 0 aliphatic carbocycles. The first kappa shape index (κ1) is 15.2. The molecular formula is C16H19NO4. The topological polar surface area (TPSA) is 74.7 Å². The van der Waals surface area contributed by atoms with Crippen molar-refractivity contribution in [3.05, 3.63) is 35.4 Å². The highest BCUT2D eigenvalue weighted by Crippen LogP contribution is 2.39. The van der Waals surface area contributed by atoms with Crippen LogP contribution >= 0.6 is 0 Å². The molecule has 1 N–H and O–H groups in total. The van der Waals surface area contributed by atoms with Gasteiger partial charge in [-0.15, -0.1) is 0 Å². The summed E-state index contributed by atoms with van der Waals surface area (Å²) < 4.78 is 0. The Morgan fingerprint density at radius 2 is 1.71 bits per heavy atom. The molecule has 1 aromatic carbocycles. The highest BCUT2D eigenvalue weighted by atomic mass is 16.4. The van der Waals surface area contributed by atoms with Gasteiger partial charge in [-0.25, -0.2) is 0 Å². The Hall–Kier alpha value is -2.17. The first-order chi connectivity index (χ1) is 9.60. The van der Waals surface area contributed by atoms with E-state index in [9.17, 15) is 19.5 Å². The lowest BCUT2D eigenvalue weighted by atomic mass is 9.72. The lowest BCUT2D eigenvalue weighted by Gasteiger charge is -2.47. The van der Waals surface area contributed by atoms with Gasteiger partial charge in [0.15, 0.2) is 0 Å². The molecule has 0 fully saturated rings. The smallest absolute Gasteiger partial charge is 0.311 e. The van der Waals surface area contributed by atoms with Crippen molar-refractivity contribution in [1.29, 1.82) is 0 Å². The lowest BCUT2D eigenvalue weighted by molar-refractivity contribution is -0.157. The van der Waals surface area contributed by atoms with Crippen LogP contribution in [0.3, 0.4) is 0 Å². The summed E-state index contributed by atoms with van der Waals surface area (Å²) in [6.45, 7) is 6.28. The second kappa shape index (κ2) is 4.69. The quantitative estimate of drug-likeness (QED) is 0.865. The van der Waals surface area contributed by atoms with E-state index in [4.69, 9.17) is 0 Å². The summed E-state index contributed by atoms with van der Waals surface area (Å²) in [6, 6.07) is 6.93. The molecule has 0 bridgehead atoms. The Morgan fingerprint density at radius 1 is 1.14 bits per heavy atom. The summed E-state index contributed by atoms with van der Waals surface area (Å²) in [6.07, 6.45) is 0.112. The molecule has 1 aliphatic rings. The van der Waals surface area contributed by atoms with Gasteiger partial charge in [-0.3, -0.25) is 19.3 Å². The summed E-state index contributed by atoms with van der Waals surface area (Å²) in [5.74, 6) is -1.84. The zero-order chi connectivity index (χ0) is 16.0. The van der Waals surface area contributed by atoms with Crippen LogP contribution in [0.5, 0.6) is 0 Å². The van der Waals surface area contributed by atoms with E-state index >= 15 is 0 Å². The van der Waals surface area contributed by atoms with Gasteiger partial charge < -0.3 is 5.11 Å². The number of aliphatic carboxylic acids is 1. The molecule has 0 saturated heterocycles. The third-order valence-corrected chi connectivity index (χ3v) is 4.67. The number of nitrogens with zero attached hydrogens (tertiary/aromatic N) is 1. The van der Waals surface area contributed by atoms with E-state index in [-0.39, 0.29) is 12.3 Å². The molecule has 1 heterocycles. The van der Waals surface area contributed by atoms with E-state index in [0.29, 0.717) is 11.1 Å². The summed E-state index contributed by atoms with van der Waals surface area (Å²) in [4.78, 5) is 37.7. The van der Waals surface area contributed by atoms with E-state index in [0.717, 1.165) is 4.90 Å². The number of carboxylic acid groups (broad SMARTS) is 1. The molecule has 5 heteroatoms. The van der Waals surface area contributed by atoms with Gasteiger partial charge in [0.25, 0.3) is 5.91 Å². The first-order valence-electron chi connectivity index (χ1n) is 6.79. The maximum Gasteiger partial charge on any atom is 0.311 e. The van der Waals surface area contributed by atoms with E-state index in [1.807, 2.05) is 0 Å². The molecule has 0 unspecified atom stereocenters. The number of carboxylic acids is 1. The van der Waals surface area contributed by atoms with Crippen molar-refractivity contribution in [2.45, 2.75) is 39.7 Å². The van der Waals surface area contributed by atoms with Crippen molar-refractivity contribution in [1.82, 2.24) is 4.90 Å². The van der Waals surface area contributed by atoms with E-state index in [2.05, 4.69) is 0 Å². The van der Waals surface area contributed by atoms with Gasteiger partial charge in [-0.2, -0.15) is 0 Å². The number of carbonyl (C=O) groups excluding carboxylic acids is 2. The van der Waals surface area contributed by atoms with Crippen LogP contribution < -0.4 is 0 Å². The molecular weight excluding hydrogens is 270 g/mol. The normalized spacial score (nSPS) is 15.9. The van der Waals surface area contributed by atoms with Crippen LogP contribution in [0.4, 0.5) is 0 Å². The summed E-state index contributed by atoms with van der Waals surface area (Å²) in [7, 11) is 0. The zero-order valence-electron chi connectivity index (χ0n) is 12.6. The first-order valence-corrected chi connectivity index (χ1v) is 6.79. The minimum atomic E-state index is -1.26. The van der Waals surface area contributed by atoms with Gasteiger partial charge in [-0.05, 0) is 39.3 Å². The molecule has 1 aromatic rings. The van der Waals surface area contributed by atoms with Gasteiger partial charge in [0.2, 0.25) is 5.91 Å². The van der Waals surface area contributed by atoms with Gasteiger partial charge in [0, 0.05) is 5.56 Å². The van der Waals surface area contributed by atoms with Crippen molar-refractivity contribution >= 4 is 17.8 Å². The highest BCUT2D eigenvalue weighted by molar-refractivity contribution is 6.10. The van der Waals surface area contributed by atoms with Gasteiger partial charge in [-0.1, -0.05) is 18.2 Å². The van der Waals surface area contributed by atoms with E-state index in [1.54, 1.807) is 38.1 Å². The third kappa shape index (κ3) is 2.13. The zero-order valence-corrected chi connectivity index (χ0v) is 12.6. The van der Waals surface area contributed by atoms with Crippen molar-refractivity contribution in [2.24, 2.45) is 5.41 Å². The fraction of sp³-hybridized carbons (Fsp3) is 0.438. The number of fused-ring (bicyclic) bond motifs is 1. The van der Waals surface area contributed by atoms with Crippen LogP contribution in [0, 0.1) is 5.41 Å². The predicted octanol–water partition coefficient (Wildman–Crippen LogP) is 2.10. The average molecular weight is 289 g/mol. The average Bonchev–Trinajstić information content (AvgIpc) is 2.37. The third-order valence-electron chi connectivity index (χ3n) is 4.67. The van der Waals surface area contributed by atoms with Crippen LogP contribution in [0.1, 0.15) is 43.6 Å². The molecule has 2 amide bonds. The van der Waals surface area contributed by atoms with Gasteiger partial charge in [0.1, 0.15) is 0 Å². The van der Waals surface area contributed by atoms with Crippen molar-refractivity contribution in [3.63, 3.8) is 0 Å². The maximum atomic E-state index is 12.7. The summed E-state index contributed by atoms with van der Waals surface area (Å²) in [5.41, 5.74) is -1.25. The van der Waals surface area contributed by atoms with Gasteiger partial charge in [0.05, 0.1) is 17.4 Å². The second-order valence-corrected chi connectivity index (χ2v) is 6.36. The molecule has 0 spiro atoms. The Kier molecular flexibility index (Phi) is 3.40. The molecule has 0 radical (unpaired) electrons. The molecule has 21 heavy (non-hydrogen) atoms. The van der Waals surface area contributed by atoms with Crippen molar-refractivity contribution < 1.29 is 19.5 Å². The van der Waals surface area contributed by atoms with Crippen LogP contribution in [0.25, 0.3) is 0 Å². The van der Waals surface area contributed by atoms with Gasteiger partial charge >= 0.3 is 5.97 Å². The fourth-order valence-corrected chi connectivity index (χ4v) is 2.47. The largest absolute Gasteiger partial charge is 0.481 e. The van der Waals surface area contributed by atoms with E-state index < -0.39 is 22.8 Å². The monoisotopic (exact) mass is 289 g/mol. The Bertz CT molecular complexity index is 631. The van der Waals surface area contributed by atoms with Crippen LogP contribution in [-0.2, 0) is 16.0 Å². The Morgan fingerprint density at radius 3 is 2.29 bits per heavy atom. The fourth-order valence-electron chi connectivity index (χ4n) is 2.47. The molecule has 1 aliphatic heterocycles. The number of benzene rings is 1. The maximum absolute atomic E-state index is 12.7. The Labute approximate surface area is 123 Å². The SMILES string of the molecule is CC(C)(C(=O)O)C(C)(C)N1C(=O)Cc2ccccc2C1=O. The molecule has 0 atom stereocenters. The van der Waals surface area contributed by atoms with Crippen LogP contribution in [0.15, 0.2) is 24.3 Å². The standard InChI is InChI=1S/C16H19NO4/c1-15(2,14(20)21)16(3,4)17-12(18)9-10-7-5-6-8-11(10)13(17)19/h5-8H,9H2,1-4H3,(H,20,21). The van der Waals surface area contributed by atoms with Crippen LogP contribution in [0.2, 0.25) is 0 Å². The Balaban J connectivity index is 2.53. The minimum absolute atomic E-state index is 0.112. The summed E-state index contributed by atoms with van der Waals surface area (Å²) >= 11 is 0. The summed E-state index contributed by atoms with van der Waals surface area (Å²) in [5, 5.41) is 9.43. The second-order valence-electron chi connectivity index (χ2n) is 6.36. The molecule has 0 aromatic heterocycles.